The molecule has 0 radical (unpaired) electrons. The number of hydrogen-bond donors (Lipinski definition) is 1. The zero-order valence-corrected chi connectivity index (χ0v) is 10.9. The molecule has 18 heavy (non-hydrogen) atoms. The van der Waals surface area contributed by atoms with Crippen LogP contribution in [0.4, 0.5) is 0 Å². The van der Waals surface area contributed by atoms with Gasteiger partial charge >= 0.3 is 0 Å². The quantitative estimate of drug-likeness (QED) is 0.891. The van der Waals surface area contributed by atoms with E-state index >= 15 is 0 Å². The van der Waals surface area contributed by atoms with Gasteiger partial charge in [0.15, 0.2) is 0 Å². The van der Waals surface area contributed by atoms with E-state index in [1.807, 2.05) is 6.07 Å². The molecule has 0 unspecified atom stereocenters. The summed E-state index contributed by atoms with van der Waals surface area (Å²) in [4.78, 5) is 0. The summed E-state index contributed by atoms with van der Waals surface area (Å²) in [5.41, 5.74) is 10.4. The predicted molar refractivity (Wildman–Crippen MR) is 75.9 cm³/mol. The van der Waals surface area contributed by atoms with Crippen molar-refractivity contribution in [1.29, 1.82) is 0 Å². The highest BCUT2D eigenvalue weighted by molar-refractivity contribution is 5.68. The second-order valence-electron chi connectivity index (χ2n) is 4.48. The average molecular weight is 241 g/mol. The van der Waals surface area contributed by atoms with Crippen molar-refractivity contribution in [2.24, 2.45) is 5.73 Å². The zero-order valence-electron chi connectivity index (χ0n) is 10.9. The van der Waals surface area contributed by atoms with E-state index in [4.69, 9.17) is 10.5 Å². The summed E-state index contributed by atoms with van der Waals surface area (Å²) < 4.78 is 5.53. The fraction of sp³-hybridized carbons (Fsp3) is 0.250. The summed E-state index contributed by atoms with van der Waals surface area (Å²) in [6, 6.07) is 14.7. The summed E-state index contributed by atoms with van der Waals surface area (Å²) >= 11 is 0. The van der Waals surface area contributed by atoms with Crippen molar-refractivity contribution < 1.29 is 4.74 Å². The number of aryl methyl sites for hydroxylation is 2. The molecule has 0 aliphatic carbocycles. The van der Waals surface area contributed by atoms with Gasteiger partial charge in [-0.3, -0.25) is 0 Å². The third-order valence-electron chi connectivity index (χ3n) is 2.91. The molecular weight excluding hydrogens is 222 g/mol. The van der Waals surface area contributed by atoms with Crippen molar-refractivity contribution in [2.75, 3.05) is 13.2 Å². The first-order valence-corrected chi connectivity index (χ1v) is 6.21. The number of rotatable bonds is 4. The van der Waals surface area contributed by atoms with Gasteiger partial charge in [-0.1, -0.05) is 35.9 Å². The van der Waals surface area contributed by atoms with Crippen LogP contribution in [0.15, 0.2) is 42.5 Å². The summed E-state index contributed by atoms with van der Waals surface area (Å²) in [7, 11) is 0. The van der Waals surface area contributed by atoms with E-state index in [9.17, 15) is 0 Å². The molecule has 0 amide bonds. The molecule has 94 valence electrons. The number of ether oxygens (including phenoxy) is 1. The molecule has 0 saturated carbocycles. The Hall–Kier alpha value is -1.80. The van der Waals surface area contributed by atoms with E-state index in [0.29, 0.717) is 13.2 Å². The molecule has 0 aliphatic rings. The Morgan fingerprint density at radius 1 is 1.06 bits per heavy atom. The first-order valence-electron chi connectivity index (χ1n) is 6.21. The SMILES string of the molecule is Cc1cccc(-c2ccc(OCCN)cc2C)c1. The van der Waals surface area contributed by atoms with Gasteiger partial charge < -0.3 is 10.5 Å². The third kappa shape index (κ3) is 2.90. The van der Waals surface area contributed by atoms with Gasteiger partial charge in [0.1, 0.15) is 12.4 Å². The molecule has 2 rings (SSSR count). The van der Waals surface area contributed by atoms with E-state index in [0.717, 1.165) is 5.75 Å². The first-order chi connectivity index (χ1) is 8.70. The zero-order chi connectivity index (χ0) is 13.0. The Morgan fingerprint density at radius 3 is 2.56 bits per heavy atom. The Morgan fingerprint density at radius 2 is 1.89 bits per heavy atom. The first kappa shape index (κ1) is 12.7. The number of benzene rings is 2. The maximum Gasteiger partial charge on any atom is 0.119 e. The number of hydrogen-bond acceptors (Lipinski definition) is 2. The van der Waals surface area contributed by atoms with Crippen LogP contribution < -0.4 is 10.5 Å². The summed E-state index contributed by atoms with van der Waals surface area (Å²) in [6.07, 6.45) is 0. The lowest BCUT2D eigenvalue weighted by molar-refractivity contribution is 0.328. The Kier molecular flexibility index (Phi) is 4.00. The van der Waals surface area contributed by atoms with E-state index in [1.54, 1.807) is 0 Å². The minimum absolute atomic E-state index is 0.540. The van der Waals surface area contributed by atoms with Crippen molar-refractivity contribution in [3.05, 3.63) is 53.6 Å². The lowest BCUT2D eigenvalue weighted by Gasteiger charge is -2.10. The Balaban J connectivity index is 2.29. The molecule has 2 aromatic rings. The van der Waals surface area contributed by atoms with Crippen molar-refractivity contribution in [3.8, 4) is 16.9 Å². The van der Waals surface area contributed by atoms with Crippen LogP contribution in [-0.2, 0) is 0 Å². The molecule has 0 spiro atoms. The van der Waals surface area contributed by atoms with E-state index in [-0.39, 0.29) is 0 Å². The van der Waals surface area contributed by atoms with Crippen LogP contribution >= 0.6 is 0 Å². The molecule has 0 bridgehead atoms. The molecule has 2 N–H and O–H groups in total. The molecule has 0 atom stereocenters. The fourth-order valence-electron chi connectivity index (χ4n) is 2.04. The lowest BCUT2D eigenvalue weighted by atomic mass is 9.99. The van der Waals surface area contributed by atoms with Gasteiger partial charge in [-0.25, -0.2) is 0 Å². The van der Waals surface area contributed by atoms with Gasteiger partial charge in [0.2, 0.25) is 0 Å². The van der Waals surface area contributed by atoms with Crippen molar-refractivity contribution >= 4 is 0 Å². The van der Waals surface area contributed by atoms with Crippen molar-refractivity contribution in [2.45, 2.75) is 13.8 Å². The monoisotopic (exact) mass is 241 g/mol. The summed E-state index contributed by atoms with van der Waals surface area (Å²) in [5, 5.41) is 0. The molecule has 2 nitrogen and oxygen atoms in total. The molecule has 0 aromatic heterocycles. The normalized spacial score (nSPS) is 10.4. The van der Waals surface area contributed by atoms with Gasteiger partial charge in [0, 0.05) is 6.54 Å². The smallest absolute Gasteiger partial charge is 0.119 e. The molecule has 0 saturated heterocycles. The topological polar surface area (TPSA) is 35.2 Å². The van der Waals surface area contributed by atoms with Crippen molar-refractivity contribution in [3.63, 3.8) is 0 Å². The van der Waals surface area contributed by atoms with Crippen LogP contribution in [0.3, 0.4) is 0 Å². The van der Waals surface area contributed by atoms with E-state index in [1.165, 1.54) is 22.3 Å². The minimum atomic E-state index is 0.540. The predicted octanol–water partition coefficient (Wildman–Crippen LogP) is 3.31. The van der Waals surface area contributed by atoms with Gasteiger partial charge in [-0.05, 0) is 42.7 Å². The van der Waals surface area contributed by atoms with Gasteiger partial charge in [0.05, 0.1) is 0 Å². The van der Waals surface area contributed by atoms with Crippen LogP contribution in [0.1, 0.15) is 11.1 Å². The third-order valence-corrected chi connectivity index (χ3v) is 2.91. The second-order valence-corrected chi connectivity index (χ2v) is 4.48. The van der Waals surface area contributed by atoms with Crippen LogP contribution in [0.5, 0.6) is 5.75 Å². The molecule has 0 aliphatic heterocycles. The fourth-order valence-corrected chi connectivity index (χ4v) is 2.04. The lowest BCUT2D eigenvalue weighted by Crippen LogP contribution is -2.10. The molecule has 0 fully saturated rings. The summed E-state index contributed by atoms with van der Waals surface area (Å²) in [5.74, 6) is 0.884. The maximum atomic E-state index is 5.53. The van der Waals surface area contributed by atoms with Crippen LogP contribution in [0, 0.1) is 13.8 Å². The molecule has 2 aromatic carbocycles. The Labute approximate surface area is 108 Å². The van der Waals surface area contributed by atoms with Gasteiger partial charge in [0.25, 0.3) is 0 Å². The minimum Gasteiger partial charge on any atom is -0.492 e. The second kappa shape index (κ2) is 5.69. The molecule has 2 heteroatoms. The van der Waals surface area contributed by atoms with E-state index in [2.05, 4.69) is 50.2 Å². The molecule has 0 heterocycles. The highest BCUT2D eigenvalue weighted by Crippen LogP contribution is 2.27. The van der Waals surface area contributed by atoms with Gasteiger partial charge in [-0.15, -0.1) is 0 Å². The highest BCUT2D eigenvalue weighted by atomic mass is 16.5. The largest absolute Gasteiger partial charge is 0.492 e. The van der Waals surface area contributed by atoms with Crippen LogP contribution in [0.25, 0.3) is 11.1 Å². The highest BCUT2D eigenvalue weighted by Gasteiger charge is 2.03. The standard InChI is InChI=1S/C16H19NO/c1-12-4-3-5-14(10-12)16-7-6-15(11-13(16)2)18-9-8-17/h3-7,10-11H,8-9,17H2,1-2H3. The number of nitrogens with two attached hydrogens (primary N) is 1. The van der Waals surface area contributed by atoms with E-state index < -0.39 is 0 Å². The van der Waals surface area contributed by atoms with Crippen LogP contribution in [0.2, 0.25) is 0 Å². The van der Waals surface area contributed by atoms with Gasteiger partial charge in [-0.2, -0.15) is 0 Å². The average Bonchev–Trinajstić information content (AvgIpc) is 2.36. The Bertz CT molecular complexity index is 534. The van der Waals surface area contributed by atoms with Crippen LogP contribution in [-0.4, -0.2) is 13.2 Å². The molecular formula is C16H19NO. The summed E-state index contributed by atoms with van der Waals surface area (Å²) in [6.45, 7) is 5.31. The van der Waals surface area contributed by atoms with Crippen molar-refractivity contribution in [1.82, 2.24) is 0 Å². The maximum absolute atomic E-state index is 5.53.